The Morgan fingerprint density at radius 3 is 3.30 bits per heavy atom. The maximum Gasteiger partial charge on any atom is 0.0381 e. The third kappa shape index (κ3) is 0.863. The fourth-order valence-corrected chi connectivity index (χ4v) is 2.18. The second kappa shape index (κ2) is 2.30. The number of aliphatic imine (C=N–C) groups is 1. The number of fused-ring (bicyclic) bond motifs is 1. The maximum atomic E-state index is 3.95. The van der Waals surface area contributed by atoms with Crippen LogP contribution in [0.2, 0.25) is 0 Å². The van der Waals surface area contributed by atoms with Gasteiger partial charge in [0, 0.05) is 17.1 Å². The van der Waals surface area contributed by atoms with Crippen molar-refractivity contribution >= 4 is 18.6 Å². The molecule has 2 heterocycles. The Morgan fingerprint density at radius 2 is 2.40 bits per heavy atom. The average Bonchev–Trinajstić information content (AvgIpc) is 2.05. The van der Waals surface area contributed by atoms with Crippen LogP contribution in [-0.2, 0) is 0 Å². The first kappa shape index (κ1) is 5.73. The summed E-state index contributed by atoms with van der Waals surface area (Å²) >= 11 is 0. The Labute approximate surface area is 60.1 Å². The van der Waals surface area contributed by atoms with E-state index in [2.05, 4.69) is 28.5 Å². The van der Waals surface area contributed by atoms with Gasteiger partial charge in [0.25, 0.3) is 0 Å². The second-order valence-corrected chi connectivity index (χ2v) is 3.79. The van der Waals surface area contributed by atoms with Gasteiger partial charge in [-0.3, -0.25) is 0 Å². The highest BCUT2D eigenvalue weighted by atomic mass is 31.1. The highest BCUT2D eigenvalue weighted by Gasteiger charge is 1.94. The molecule has 2 aliphatic heterocycles. The maximum absolute atomic E-state index is 3.95. The predicted molar refractivity (Wildman–Crippen MR) is 46.8 cm³/mol. The fraction of sp³-hybridized carbons (Fsp3) is 0. The fourth-order valence-electron chi connectivity index (χ4n) is 0.892. The summed E-state index contributed by atoms with van der Waals surface area (Å²) in [5.74, 6) is 2.15. The third-order valence-electron chi connectivity index (χ3n) is 1.38. The quantitative estimate of drug-likeness (QED) is 0.465. The lowest BCUT2D eigenvalue weighted by molar-refractivity contribution is 1.59. The molecule has 2 aliphatic rings. The molecule has 0 saturated carbocycles. The zero-order valence-electron chi connectivity index (χ0n) is 5.36. The van der Waals surface area contributed by atoms with Crippen molar-refractivity contribution in [3.05, 3.63) is 35.8 Å². The van der Waals surface area contributed by atoms with Gasteiger partial charge in [0.2, 0.25) is 0 Å². The summed E-state index contributed by atoms with van der Waals surface area (Å²) in [5.41, 5.74) is 3.05. The van der Waals surface area contributed by atoms with Crippen LogP contribution in [0.1, 0.15) is 0 Å². The van der Waals surface area contributed by atoms with Crippen LogP contribution in [0.25, 0.3) is 0 Å². The number of nitrogens with zero attached hydrogens (tertiary/aromatic N) is 1. The van der Waals surface area contributed by atoms with Crippen molar-refractivity contribution in [2.45, 2.75) is 0 Å². The van der Waals surface area contributed by atoms with E-state index in [0.29, 0.717) is 0 Å². The molecule has 48 valence electrons. The molecule has 0 aliphatic carbocycles. The smallest absolute Gasteiger partial charge is 0.0381 e. The topological polar surface area (TPSA) is 12.4 Å². The van der Waals surface area contributed by atoms with Crippen molar-refractivity contribution in [1.29, 1.82) is 0 Å². The summed E-state index contributed by atoms with van der Waals surface area (Å²) in [6, 6.07) is 0. The van der Waals surface area contributed by atoms with Gasteiger partial charge in [-0.1, -0.05) is 12.2 Å². The van der Waals surface area contributed by atoms with Crippen LogP contribution in [0.5, 0.6) is 0 Å². The van der Waals surface area contributed by atoms with Gasteiger partial charge in [0.05, 0.1) is 0 Å². The van der Waals surface area contributed by atoms with Crippen LogP contribution in [0.15, 0.2) is 40.8 Å². The molecule has 10 heavy (non-hydrogen) atoms. The van der Waals surface area contributed by atoms with E-state index < -0.39 is 0 Å². The van der Waals surface area contributed by atoms with E-state index in [1.54, 1.807) is 6.20 Å². The molecule has 0 aromatic carbocycles. The minimum atomic E-state index is -0.300. The number of hydrogen-bond donors (Lipinski definition) is 0. The molecule has 0 amide bonds. The highest BCUT2D eigenvalue weighted by molar-refractivity contribution is 7.61. The summed E-state index contributed by atoms with van der Waals surface area (Å²) in [5, 5.41) is 1.34. The molecule has 0 aromatic heterocycles. The minimum absolute atomic E-state index is 0.300. The van der Waals surface area contributed by atoms with Crippen molar-refractivity contribution in [2.24, 2.45) is 4.99 Å². The summed E-state index contributed by atoms with van der Waals surface area (Å²) in [7, 11) is -0.300. The summed E-state index contributed by atoms with van der Waals surface area (Å²) < 4.78 is 0. The molecule has 1 unspecified atom stereocenters. The summed E-state index contributed by atoms with van der Waals surface area (Å²) in [4.78, 5) is 3.95. The van der Waals surface area contributed by atoms with Crippen molar-refractivity contribution < 1.29 is 0 Å². The van der Waals surface area contributed by atoms with Crippen LogP contribution in [0, 0.1) is 0 Å². The van der Waals surface area contributed by atoms with Crippen molar-refractivity contribution in [3.63, 3.8) is 0 Å². The van der Waals surface area contributed by atoms with Crippen LogP contribution >= 0.6 is 7.17 Å². The van der Waals surface area contributed by atoms with Crippen molar-refractivity contribution in [3.8, 4) is 0 Å². The minimum Gasteiger partial charge on any atom is -0.210 e. The van der Waals surface area contributed by atoms with E-state index in [0.717, 1.165) is 0 Å². The Bertz CT molecular complexity index is 357. The first-order valence-electron chi connectivity index (χ1n) is 3.10. The van der Waals surface area contributed by atoms with Gasteiger partial charge < -0.3 is 0 Å². The van der Waals surface area contributed by atoms with E-state index in [4.69, 9.17) is 0 Å². The lowest BCUT2D eigenvalue weighted by atomic mass is 10.4. The molecule has 2 heteroatoms. The average molecular weight is 147 g/mol. The first-order valence-corrected chi connectivity index (χ1v) is 4.51. The number of rotatable bonds is 0. The van der Waals surface area contributed by atoms with Gasteiger partial charge >= 0.3 is 0 Å². The first-order chi connectivity index (χ1) is 4.97. The molecule has 0 bridgehead atoms. The Hall–Kier alpha value is -1.03. The Balaban J connectivity index is 2.76. The largest absolute Gasteiger partial charge is 0.210 e. The monoisotopic (exact) mass is 147 g/mol. The van der Waals surface area contributed by atoms with E-state index >= 15 is 0 Å². The van der Waals surface area contributed by atoms with Crippen molar-refractivity contribution in [1.82, 2.24) is 0 Å². The summed E-state index contributed by atoms with van der Waals surface area (Å²) in [6.07, 6.45) is 10.0. The Morgan fingerprint density at radius 1 is 1.40 bits per heavy atom. The lowest BCUT2D eigenvalue weighted by Crippen LogP contribution is -1.76. The molecule has 1 nitrogen and oxygen atoms in total. The molecule has 2 rings (SSSR count). The van der Waals surface area contributed by atoms with E-state index in [1.165, 1.54) is 5.31 Å². The predicted octanol–water partition coefficient (Wildman–Crippen LogP) is 2.16. The molecule has 0 saturated heterocycles. The zero-order chi connectivity index (χ0) is 6.81. The van der Waals surface area contributed by atoms with E-state index in [-0.39, 0.29) is 7.17 Å². The number of allylic oxidation sites excluding steroid dienone is 5. The SMILES string of the molecule is C1=NC=CC2=CC=CC=P=12. The van der Waals surface area contributed by atoms with Crippen LogP contribution < -0.4 is 0 Å². The van der Waals surface area contributed by atoms with Gasteiger partial charge in [-0.2, -0.15) is 0 Å². The molecule has 0 radical (unpaired) electrons. The van der Waals surface area contributed by atoms with Gasteiger partial charge in [-0.25, -0.2) is 4.99 Å². The normalized spacial score (nSPS) is 22.8. The molecular formula is C8H6NP. The lowest BCUT2D eigenvalue weighted by Gasteiger charge is -1.99. The summed E-state index contributed by atoms with van der Waals surface area (Å²) in [6.45, 7) is 0. The molecule has 0 spiro atoms. The van der Waals surface area contributed by atoms with Crippen molar-refractivity contribution in [2.75, 3.05) is 0 Å². The van der Waals surface area contributed by atoms with Gasteiger partial charge in [-0.05, 0) is 25.1 Å². The van der Waals surface area contributed by atoms with Crippen LogP contribution in [0.4, 0.5) is 0 Å². The van der Waals surface area contributed by atoms with Gasteiger partial charge in [0.15, 0.2) is 0 Å². The molecule has 0 fully saturated rings. The highest BCUT2D eigenvalue weighted by Crippen LogP contribution is 2.26. The third-order valence-corrected chi connectivity index (χ3v) is 3.03. The standard InChI is InChI=1S/C8H6NP/c1-2-6-10-7-9-5-4-8(10)3-1/h1-6H. The molecular weight excluding hydrogens is 141 g/mol. The van der Waals surface area contributed by atoms with Crippen LogP contribution in [0.3, 0.4) is 0 Å². The molecule has 0 N–H and O–H groups in total. The molecule has 1 atom stereocenters. The molecule has 0 aromatic rings. The van der Waals surface area contributed by atoms with Gasteiger partial charge in [-0.15, -0.1) is 0 Å². The zero-order valence-corrected chi connectivity index (χ0v) is 6.25. The Kier molecular flexibility index (Phi) is 1.32. The van der Waals surface area contributed by atoms with E-state index in [9.17, 15) is 0 Å². The number of hydrogen-bond acceptors (Lipinski definition) is 1. The second-order valence-electron chi connectivity index (χ2n) is 2.04. The van der Waals surface area contributed by atoms with Crippen LogP contribution in [-0.4, -0.2) is 11.4 Å². The van der Waals surface area contributed by atoms with E-state index in [1.807, 2.05) is 12.2 Å². The van der Waals surface area contributed by atoms with Gasteiger partial charge in [0.1, 0.15) is 0 Å².